The molecule has 1 aromatic carbocycles. The van der Waals surface area contributed by atoms with Crippen molar-refractivity contribution in [2.45, 2.75) is 20.3 Å². The molecule has 17 heavy (non-hydrogen) atoms. The number of methoxy groups -OCH3 is 1. The van der Waals surface area contributed by atoms with Gasteiger partial charge in [-0.3, -0.25) is 4.79 Å². The maximum Gasteiger partial charge on any atom is 0.227 e. The van der Waals surface area contributed by atoms with Crippen LogP contribution >= 0.6 is 0 Å². The molecular formula is C14H17NO2. The van der Waals surface area contributed by atoms with Gasteiger partial charge in [0.05, 0.1) is 7.11 Å². The number of amides is 1. The molecule has 1 atom stereocenters. The Bertz CT molecular complexity index is 477. The van der Waals surface area contributed by atoms with E-state index in [-0.39, 0.29) is 11.8 Å². The van der Waals surface area contributed by atoms with Crippen molar-refractivity contribution >= 4 is 11.5 Å². The first-order chi connectivity index (χ1) is 8.11. The topological polar surface area (TPSA) is 38.3 Å². The molecule has 1 aliphatic heterocycles. The van der Waals surface area contributed by atoms with E-state index in [1.165, 1.54) is 5.57 Å². The van der Waals surface area contributed by atoms with Crippen LogP contribution in [0.5, 0.6) is 5.75 Å². The average Bonchev–Trinajstić information content (AvgIpc) is 2.34. The van der Waals surface area contributed by atoms with Gasteiger partial charge in [-0.25, -0.2) is 0 Å². The molecule has 0 saturated carbocycles. The van der Waals surface area contributed by atoms with Crippen LogP contribution < -0.4 is 10.1 Å². The van der Waals surface area contributed by atoms with Crippen molar-refractivity contribution in [1.82, 2.24) is 5.32 Å². The molecule has 0 aromatic heterocycles. The van der Waals surface area contributed by atoms with Crippen LogP contribution in [0.3, 0.4) is 0 Å². The fourth-order valence-electron chi connectivity index (χ4n) is 2.08. The molecule has 0 bridgehead atoms. The van der Waals surface area contributed by atoms with Gasteiger partial charge >= 0.3 is 0 Å². The number of rotatable bonds is 2. The fraction of sp³-hybridized carbons (Fsp3) is 0.357. The Labute approximate surface area is 101 Å². The number of allylic oxidation sites excluding steroid dienone is 2. The van der Waals surface area contributed by atoms with E-state index in [9.17, 15) is 4.79 Å². The van der Waals surface area contributed by atoms with Crippen molar-refractivity contribution in [1.29, 1.82) is 0 Å². The van der Waals surface area contributed by atoms with E-state index in [1.54, 1.807) is 7.11 Å². The summed E-state index contributed by atoms with van der Waals surface area (Å²) in [5, 5.41) is 2.91. The molecule has 1 heterocycles. The number of hydrogen-bond acceptors (Lipinski definition) is 2. The summed E-state index contributed by atoms with van der Waals surface area (Å²) in [4.78, 5) is 11.5. The zero-order valence-electron chi connectivity index (χ0n) is 10.4. The molecule has 1 N–H and O–H groups in total. The molecule has 0 radical (unpaired) electrons. The molecule has 0 aliphatic carbocycles. The van der Waals surface area contributed by atoms with E-state index in [0.717, 1.165) is 23.4 Å². The molecule has 1 aromatic rings. The van der Waals surface area contributed by atoms with Crippen LogP contribution in [-0.2, 0) is 4.79 Å². The lowest BCUT2D eigenvalue weighted by atomic mass is 9.90. The molecular weight excluding hydrogens is 214 g/mol. The van der Waals surface area contributed by atoms with E-state index < -0.39 is 0 Å². The minimum atomic E-state index is 0.0277. The Morgan fingerprint density at radius 2 is 2.18 bits per heavy atom. The molecule has 1 unspecified atom stereocenters. The third kappa shape index (κ3) is 2.33. The molecule has 0 spiro atoms. The van der Waals surface area contributed by atoms with Crippen LogP contribution in [0.15, 0.2) is 30.0 Å². The molecule has 1 aliphatic rings. The van der Waals surface area contributed by atoms with Gasteiger partial charge in [0.15, 0.2) is 0 Å². The Balaban J connectivity index is 2.38. The number of carbonyl (C=O) groups excluding carboxylic acids is 1. The van der Waals surface area contributed by atoms with E-state index in [4.69, 9.17) is 4.74 Å². The third-order valence-corrected chi connectivity index (χ3v) is 3.14. The van der Waals surface area contributed by atoms with Crippen LogP contribution in [0.1, 0.15) is 25.8 Å². The maximum atomic E-state index is 11.5. The SMILES string of the molecule is COc1cccc(C2=C(C)NC(=O)C(C)C2)c1. The quantitative estimate of drug-likeness (QED) is 0.849. The highest BCUT2D eigenvalue weighted by Crippen LogP contribution is 2.30. The largest absolute Gasteiger partial charge is 0.497 e. The van der Waals surface area contributed by atoms with Crippen LogP contribution in [0.4, 0.5) is 0 Å². The summed E-state index contributed by atoms with van der Waals surface area (Å²) in [5.41, 5.74) is 3.26. The number of hydrogen-bond donors (Lipinski definition) is 1. The van der Waals surface area contributed by atoms with Gasteiger partial charge in [0.2, 0.25) is 5.91 Å². The first kappa shape index (κ1) is 11.7. The lowest BCUT2D eigenvalue weighted by Gasteiger charge is -2.23. The molecule has 3 nitrogen and oxygen atoms in total. The van der Waals surface area contributed by atoms with E-state index in [0.29, 0.717) is 0 Å². The van der Waals surface area contributed by atoms with Gasteiger partial charge in [-0.05, 0) is 36.6 Å². The van der Waals surface area contributed by atoms with Crippen LogP contribution in [0.2, 0.25) is 0 Å². The minimum Gasteiger partial charge on any atom is -0.497 e. The van der Waals surface area contributed by atoms with Crippen molar-refractivity contribution in [2.75, 3.05) is 7.11 Å². The van der Waals surface area contributed by atoms with E-state index in [1.807, 2.05) is 38.1 Å². The monoisotopic (exact) mass is 231 g/mol. The molecule has 2 rings (SSSR count). The standard InChI is InChI=1S/C14H17NO2/c1-9-7-13(10(2)15-14(9)16)11-5-4-6-12(8-11)17-3/h4-6,8-9H,7H2,1-3H3,(H,15,16). The summed E-state index contributed by atoms with van der Waals surface area (Å²) < 4.78 is 5.22. The third-order valence-electron chi connectivity index (χ3n) is 3.14. The van der Waals surface area contributed by atoms with Gasteiger partial charge in [0, 0.05) is 11.6 Å². The van der Waals surface area contributed by atoms with Crippen molar-refractivity contribution in [2.24, 2.45) is 5.92 Å². The Morgan fingerprint density at radius 1 is 1.41 bits per heavy atom. The first-order valence-electron chi connectivity index (χ1n) is 5.77. The number of nitrogens with one attached hydrogen (secondary N) is 1. The van der Waals surface area contributed by atoms with Crippen molar-refractivity contribution in [3.63, 3.8) is 0 Å². The predicted octanol–water partition coefficient (Wildman–Crippen LogP) is 2.58. The smallest absolute Gasteiger partial charge is 0.227 e. The Kier molecular flexibility index (Phi) is 3.18. The van der Waals surface area contributed by atoms with Crippen molar-refractivity contribution in [3.8, 4) is 5.75 Å². The summed E-state index contributed by atoms with van der Waals surface area (Å²) in [5.74, 6) is 0.974. The highest BCUT2D eigenvalue weighted by atomic mass is 16.5. The summed E-state index contributed by atoms with van der Waals surface area (Å²) in [6.45, 7) is 3.89. The van der Waals surface area contributed by atoms with Gasteiger partial charge < -0.3 is 10.1 Å². The summed E-state index contributed by atoms with van der Waals surface area (Å²) in [6, 6.07) is 7.94. The van der Waals surface area contributed by atoms with Gasteiger partial charge in [-0.1, -0.05) is 19.1 Å². The zero-order chi connectivity index (χ0) is 12.4. The highest BCUT2D eigenvalue weighted by molar-refractivity contribution is 5.88. The lowest BCUT2D eigenvalue weighted by molar-refractivity contribution is -0.123. The highest BCUT2D eigenvalue weighted by Gasteiger charge is 2.23. The predicted molar refractivity (Wildman–Crippen MR) is 67.5 cm³/mol. The van der Waals surface area contributed by atoms with Gasteiger partial charge in [-0.15, -0.1) is 0 Å². The maximum absolute atomic E-state index is 11.5. The van der Waals surface area contributed by atoms with Crippen LogP contribution in [-0.4, -0.2) is 13.0 Å². The van der Waals surface area contributed by atoms with Gasteiger partial charge in [0.1, 0.15) is 5.75 Å². The summed E-state index contributed by atoms with van der Waals surface area (Å²) in [7, 11) is 1.66. The second-order valence-corrected chi connectivity index (χ2v) is 4.43. The Hall–Kier alpha value is -1.77. The minimum absolute atomic E-state index is 0.0277. The zero-order valence-corrected chi connectivity index (χ0v) is 10.4. The normalized spacial score (nSPS) is 20.2. The van der Waals surface area contributed by atoms with Crippen molar-refractivity contribution < 1.29 is 9.53 Å². The number of benzene rings is 1. The van der Waals surface area contributed by atoms with Crippen molar-refractivity contribution in [3.05, 3.63) is 35.5 Å². The van der Waals surface area contributed by atoms with E-state index >= 15 is 0 Å². The second-order valence-electron chi connectivity index (χ2n) is 4.43. The van der Waals surface area contributed by atoms with Crippen LogP contribution in [0, 0.1) is 5.92 Å². The molecule has 1 amide bonds. The van der Waals surface area contributed by atoms with E-state index in [2.05, 4.69) is 5.32 Å². The molecule has 0 fully saturated rings. The number of carbonyl (C=O) groups is 1. The molecule has 3 heteroatoms. The average molecular weight is 231 g/mol. The van der Waals surface area contributed by atoms with Gasteiger partial charge in [0.25, 0.3) is 0 Å². The number of ether oxygens (including phenoxy) is 1. The summed E-state index contributed by atoms with van der Waals surface area (Å²) >= 11 is 0. The second kappa shape index (κ2) is 4.62. The lowest BCUT2D eigenvalue weighted by Crippen LogP contribution is -2.32. The first-order valence-corrected chi connectivity index (χ1v) is 5.77. The summed E-state index contributed by atoms with van der Waals surface area (Å²) in [6.07, 6.45) is 0.783. The molecule has 0 saturated heterocycles. The van der Waals surface area contributed by atoms with Crippen LogP contribution in [0.25, 0.3) is 5.57 Å². The fourth-order valence-corrected chi connectivity index (χ4v) is 2.08. The van der Waals surface area contributed by atoms with Gasteiger partial charge in [-0.2, -0.15) is 0 Å². The Morgan fingerprint density at radius 3 is 2.88 bits per heavy atom. The molecule has 90 valence electrons.